The zero-order valence-electron chi connectivity index (χ0n) is 20.9. The van der Waals surface area contributed by atoms with E-state index in [0.717, 1.165) is 36.4 Å². The molecule has 1 fully saturated rings. The summed E-state index contributed by atoms with van der Waals surface area (Å²) >= 11 is 0. The van der Waals surface area contributed by atoms with Gasteiger partial charge in [-0.3, -0.25) is 4.90 Å². The van der Waals surface area contributed by atoms with Gasteiger partial charge < -0.3 is 33.5 Å². The molecular weight excluding hydrogens is 478 g/mol. The fraction of sp³-hybridized carbons (Fsp3) is 0.393. The summed E-state index contributed by atoms with van der Waals surface area (Å²) in [6.45, 7) is 1.87. The lowest BCUT2D eigenvalue weighted by Crippen LogP contribution is -2.51. The lowest BCUT2D eigenvalue weighted by atomic mass is 9.73. The van der Waals surface area contributed by atoms with E-state index in [2.05, 4.69) is 4.90 Å². The third kappa shape index (κ3) is 3.98. The lowest BCUT2D eigenvalue weighted by Gasteiger charge is -2.45. The third-order valence-corrected chi connectivity index (χ3v) is 7.59. The molecule has 1 aliphatic carbocycles. The Kier molecular flexibility index (Phi) is 5.97. The van der Waals surface area contributed by atoms with Gasteiger partial charge in [0.2, 0.25) is 12.5 Å². The third-order valence-electron chi connectivity index (χ3n) is 7.59. The minimum atomic E-state index is -0.911. The molecule has 194 valence electrons. The normalized spacial score (nSPS) is 25.4. The van der Waals surface area contributed by atoms with E-state index in [0.29, 0.717) is 28.6 Å². The zero-order valence-corrected chi connectivity index (χ0v) is 20.9. The molecule has 0 saturated carbocycles. The molecule has 9 nitrogen and oxygen atoms in total. The average Bonchev–Trinajstić information content (AvgIpc) is 3.53. The lowest BCUT2D eigenvalue weighted by molar-refractivity contribution is -0.150. The summed E-state index contributed by atoms with van der Waals surface area (Å²) in [5.74, 6) is 2.08. The molecule has 0 amide bonds. The molecule has 2 aromatic rings. The van der Waals surface area contributed by atoms with Crippen LogP contribution in [0.4, 0.5) is 0 Å². The summed E-state index contributed by atoms with van der Waals surface area (Å²) in [7, 11) is 4.60. The van der Waals surface area contributed by atoms with Crippen LogP contribution in [0.1, 0.15) is 29.0 Å². The molecule has 2 aromatic carbocycles. The van der Waals surface area contributed by atoms with E-state index in [1.165, 1.54) is 33.0 Å². The van der Waals surface area contributed by atoms with Gasteiger partial charge in [0.15, 0.2) is 23.0 Å². The zero-order chi connectivity index (χ0) is 25.7. The van der Waals surface area contributed by atoms with Crippen LogP contribution in [-0.2, 0) is 16.1 Å². The number of hydrogen-bond acceptors (Lipinski definition) is 9. The van der Waals surface area contributed by atoms with Crippen LogP contribution in [0.2, 0.25) is 0 Å². The molecule has 1 N–H and O–H groups in total. The molecule has 37 heavy (non-hydrogen) atoms. The van der Waals surface area contributed by atoms with E-state index in [4.69, 9.17) is 28.4 Å². The van der Waals surface area contributed by atoms with Crippen LogP contribution in [0, 0.1) is 0 Å². The number of esters is 1. The van der Waals surface area contributed by atoms with Crippen molar-refractivity contribution in [3.8, 4) is 28.7 Å². The first-order chi connectivity index (χ1) is 18.0. The number of carbonyl (C=O) groups excluding carboxylic acids is 1. The number of fused-ring (bicyclic) bond motifs is 3. The maximum atomic E-state index is 13.0. The molecule has 3 unspecified atom stereocenters. The Morgan fingerprint density at radius 3 is 2.49 bits per heavy atom. The Morgan fingerprint density at radius 2 is 1.78 bits per heavy atom. The van der Waals surface area contributed by atoms with Crippen molar-refractivity contribution in [1.29, 1.82) is 0 Å². The maximum absolute atomic E-state index is 13.0. The fourth-order valence-corrected chi connectivity index (χ4v) is 6.01. The van der Waals surface area contributed by atoms with Gasteiger partial charge in [-0.2, -0.15) is 0 Å². The molecule has 9 heteroatoms. The van der Waals surface area contributed by atoms with Crippen molar-refractivity contribution in [3.63, 3.8) is 0 Å². The molecule has 0 radical (unpaired) electrons. The van der Waals surface area contributed by atoms with Gasteiger partial charge in [0, 0.05) is 31.1 Å². The Balaban J connectivity index is 1.29. The number of ether oxygens (including phenoxy) is 6. The monoisotopic (exact) mass is 507 g/mol. The van der Waals surface area contributed by atoms with E-state index in [9.17, 15) is 9.90 Å². The highest BCUT2D eigenvalue weighted by Crippen LogP contribution is 2.50. The number of aliphatic hydroxyl groups is 1. The molecule has 4 aliphatic rings. The standard InChI is InChI=1S/C28H29NO8/c1-32-22-8-15(9-23(33-2)28(22)34-3)4-5-24(31)37-27-19(30)10-16-6-7-29-13-17-11-20-21(36-14-35-20)12-18(17)25(27)26(16)29/h4-5,8-12,19,25-27,30H,6-7,13-14H2,1-3H3/b5-4+/t19?,25?,26?,27-/m1/s1. The van der Waals surface area contributed by atoms with Gasteiger partial charge in [-0.25, -0.2) is 4.79 Å². The number of nitrogens with zero attached hydrogens (tertiary/aromatic N) is 1. The Labute approximate surface area is 214 Å². The van der Waals surface area contributed by atoms with Gasteiger partial charge in [-0.05, 0) is 53.5 Å². The molecule has 3 heterocycles. The SMILES string of the molecule is COc1cc(/C=C/C(=O)O[C@@H]2C(O)C=C3CCN4Cc5cc6c(cc5C2C34)OCO6)cc(OC)c1OC. The van der Waals surface area contributed by atoms with Crippen LogP contribution < -0.4 is 23.7 Å². The maximum Gasteiger partial charge on any atom is 0.331 e. The quantitative estimate of drug-likeness (QED) is 0.360. The van der Waals surface area contributed by atoms with Gasteiger partial charge >= 0.3 is 5.97 Å². The summed E-state index contributed by atoms with van der Waals surface area (Å²) in [5, 5.41) is 11.1. The Bertz CT molecular complexity index is 1280. The van der Waals surface area contributed by atoms with Gasteiger partial charge in [-0.15, -0.1) is 0 Å². The van der Waals surface area contributed by atoms with Crippen molar-refractivity contribution in [1.82, 2.24) is 4.90 Å². The first kappa shape index (κ1) is 23.7. The van der Waals surface area contributed by atoms with Crippen LogP contribution in [0.5, 0.6) is 28.7 Å². The molecule has 0 bridgehead atoms. The van der Waals surface area contributed by atoms with E-state index in [1.807, 2.05) is 18.2 Å². The first-order valence-electron chi connectivity index (χ1n) is 12.2. The highest BCUT2D eigenvalue weighted by molar-refractivity contribution is 5.87. The predicted molar refractivity (Wildman–Crippen MR) is 133 cm³/mol. The van der Waals surface area contributed by atoms with Gasteiger partial charge in [0.25, 0.3) is 0 Å². The molecule has 3 aliphatic heterocycles. The summed E-state index contributed by atoms with van der Waals surface area (Å²) in [4.78, 5) is 15.4. The minimum absolute atomic E-state index is 0.0770. The van der Waals surface area contributed by atoms with E-state index in [-0.39, 0.29) is 18.8 Å². The van der Waals surface area contributed by atoms with Crippen LogP contribution in [0.3, 0.4) is 0 Å². The number of rotatable bonds is 6. The minimum Gasteiger partial charge on any atom is -0.493 e. The summed E-state index contributed by atoms with van der Waals surface area (Å²) < 4.78 is 33.3. The van der Waals surface area contributed by atoms with Crippen molar-refractivity contribution >= 4 is 12.0 Å². The van der Waals surface area contributed by atoms with Gasteiger partial charge in [-0.1, -0.05) is 11.6 Å². The van der Waals surface area contributed by atoms with E-state index < -0.39 is 18.2 Å². The number of benzene rings is 2. The predicted octanol–water partition coefficient (Wildman–Crippen LogP) is 3.04. The highest BCUT2D eigenvalue weighted by atomic mass is 16.7. The number of aliphatic hydroxyl groups excluding tert-OH is 1. The molecule has 6 rings (SSSR count). The topological polar surface area (TPSA) is 95.9 Å². The first-order valence-corrected chi connectivity index (χ1v) is 12.2. The average molecular weight is 508 g/mol. The largest absolute Gasteiger partial charge is 0.493 e. The van der Waals surface area contributed by atoms with Crippen molar-refractivity contribution in [3.05, 3.63) is 58.7 Å². The van der Waals surface area contributed by atoms with E-state index >= 15 is 0 Å². The highest BCUT2D eigenvalue weighted by Gasteiger charge is 2.50. The van der Waals surface area contributed by atoms with Crippen LogP contribution >= 0.6 is 0 Å². The second-order valence-electron chi connectivity index (χ2n) is 9.52. The Hall–Kier alpha value is -3.69. The summed E-state index contributed by atoms with van der Waals surface area (Å²) in [5.41, 5.74) is 4.01. The van der Waals surface area contributed by atoms with Crippen LogP contribution in [-0.4, -0.2) is 68.9 Å². The number of carbonyl (C=O) groups is 1. The van der Waals surface area contributed by atoms with Crippen molar-refractivity contribution < 1.29 is 38.3 Å². The number of hydrogen-bond donors (Lipinski definition) is 1. The molecule has 1 saturated heterocycles. The van der Waals surface area contributed by atoms with E-state index in [1.54, 1.807) is 18.2 Å². The number of methoxy groups -OCH3 is 3. The Morgan fingerprint density at radius 1 is 1.05 bits per heavy atom. The molecule has 0 spiro atoms. The van der Waals surface area contributed by atoms with Crippen molar-refractivity contribution in [2.75, 3.05) is 34.7 Å². The van der Waals surface area contributed by atoms with Crippen LogP contribution in [0.25, 0.3) is 6.08 Å². The second-order valence-corrected chi connectivity index (χ2v) is 9.52. The molecule has 4 atom stereocenters. The van der Waals surface area contributed by atoms with Crippen molar-refractivity contribution in [2.45, 2.75) is 37.1 Å². The van der Waals surface area contributed by atoms with Crippen molar-refractivity contribution in [2.24, 2.45) is 0 Å². The van der Waals surface area contributed by atoms with Gasteiger partial charge in [0.1, 0.15) is 12.2 Å². The fourth-order valence-electron chi connectivity index (χ4n) is 6.01. The summed E-state index contributed by atoms with van der Waals surface area (Å²) in [6, 6.07) is 7.56. The second kappa shape index (κ2) is 9.32. The summed E-state index contributed by atoms with van der Waals surface area (Å²) in [6.07, 6.45) is 4.07. The molecular formula is C28H29NO8. The van der Waals surface area contributed by atoms with Crippen LogP contribution in [0.15, 0.2) is 42.0 Å². The molecule has 0 aromatic heterocycles. The van der Waals surface area contributed by atoms with Gasteiger partial charge in [0.05, 0.1) is 21.3 Å². The smallest absolute Gasteiger partial charge is 0.331 e.